The van der Waals surface area contributed by atoms with E-state index < -0.39 is 0 Å². The van der Waals surface area contributed by atoms with E-state index in [1.807, 2.05) is 32.0 Å². The lowest BCUT2D eigenvalue weighted by Gasteiger charge is -2.12. The minimum Gasteiger partial charge on any atom is -0.437 e. The zero-order valence-electron chi connectivity index (χ0n) is 11.0. The molecule has 0 aliphatic carbocycles. The molecule has 1 heterocycles. The molecule has 0 spiro atoms. The first-order valence-electron chi connectivity index (χ1n) is 5.77. The molecule has 0 aliphatic heterocycles. The van der Waals surface area contributed by atoms with Crippen LogP contribution in [0, 0.1) is 20.8 Å². The number of ether oxygens (including phenoxy) is 1. The summed E-state index contributed by atoms with van der Waals surface area (Å²) >= 11 is 6.14. The molecular formula is C13H15ClN4O. The third kappa shape index (κ3) is 2.94. The number of hydrogen-bond acceptors (Lipinski definition) is 5. The minimum atomic E-state index is 0.436. The molecule has 0 unspecified atom stereocenters. The first-order chi connectivity index (χ1) is 9.01. The monoisotopic (exact) mass is 278 g/mol. The van der Waals surface area contributed by atoms with Gasteiger partial charge in [0.15, 0.2) is 0 Å². The zero-order valence-corrected chi connectivity index (χ0v) is 11.7. The van der Waals surface area contributed by atoms with Crippen molar-refractivity contribution in [3.63, 3.8) is 0 Å². The van der Waals surface area contributed by atoms with Gasteiger partial charge in [0.1, 0.15) is 17.4 Å². The number of nitrogens with zero attached hydrogens (tertiary/aromatic N) is 2. The lowest BCUT2D eigenvalue weighted by atomic mass is 10.2. The van der Waals surface area contributed by atoms with Gasteiger partial charge in [-0.3, -0.25) is 0 Å². The summed E-state index contributed by atoms with van der Waals surface area (Å²) in [7, 11) is 0. The maximum atomic E-state index is 6.14. The van der Waals surface area contributed by atoms with Crippen LogP contribution in [0.2, 0.25) is 5.02 Å². The Kier molecular flexibility index (Phi) is 3.87. The van der Waals surface area contributed by atoms with Gasteiger partial charge < -0.3 is 10.2 Å². The zero-order chi connectivity index (χ0) is 14.0. The highest BCUT2D eigenvalue weighted by atomic mass is 35.5. The van der Waals surface area contributed by atoms with Crippen molar-refractivity contribution in [2.24, 2.45) is 5.84 Å². The van der Waals surface area contributed by atoms with Gasteiger partial charge in [-0.15, -0.1) is 0 Å². The predicted octanol–water partition coefficient (Wildman–Crippen LogP) is 3.13. The van der Waals surface area contributed by atoms with Crippen LogP contribution in [0.3, 0.4) is 0 Å². The number of halogens is 1. The van der Waals surface area contributed by atoms with E-state index in [9.17, 15) is 0 Å². The molecular weight excluding hydrogens is 264 g/mol. The summed E-state index contributed by atoms with van der Waals surface area (Å²) in [5.74, 6) is 7.50. The van der Waals surface area contributed by atoms with E-state index in [1.54, 1.807) is 6.92 Å². The van der Waals surface area contributed by atoms with Gasteiger partial charge in [0.05, 0.1) is 10.6 Å². The van der Waals surface area contributed by atoms with Crippen molar-refractivity contribution in [3.8, 4) is 11.6 Å². The molecule has 0 amide bonds. The summed E-state index contributed by atoms with van der Waals surface area (Å²) in [4.78, 5) is 8.42. The summed E-state index contributed by atoms with van der Waals surface area (Å²) in [6.45, 7) is 5.56. The molecule has 1 aromatic carbocycles. The molecule has 5 nitrogen and oxygen atoms in total. The van der Waals surface area contributed by atoms with Gasteiger partial charge in [-0.25, -0.2) is 10.8 Å². The number of nitrogens with two attached hydrogens (primary N) is 1. The highest BCUT2D eigenvalue weighted by Gasteiger charge is 2.12. The van der Waals surface area contributed by atoms with Crippen molar-refractivity contribution in [2.45, 2.75) is 20.8 Å². The topological polar surface area (TPSA) is 73.1 Å². The molecule has 6 heteroatoms. The first-order valence-corrected chi connectivity index (χ1v) is 6.15. The van der Waals surface area contributed by atoms with E-state index in [0.717, 1.165) is 11.1 Å². The Morgan fingerprint density at radius 1 is 1.21 bits per heavy atom. The van der Waals surface area contributed by atoms with Crippen molar-refractivity contribution in [1.82, 2.24) is 9.97 Å². The summed E-state index contributed by atoms with van der Waals surface area (Å²) in [5, 5.41) is 0.540. The summed E-state index contributed by atoms with van der Waals surface area (Å²) < 4.78 is 5.74. The van der Waals surface area contributed by atoms with E-state index in [1.165, 1.54) is 0 Å². The summed E-state index contributed by atoms with van der Waals surface area (Å²) in [5.41, 5.74) is 4.32. The lowest BCUT2D eigenvalue weighted by molar-refractivity contribution is 0.456. The SMILES string of the molecule is Cc1ccc(Oc2nc(C)nc(NN)c2C)c(Cl)c1. The van der Waals surface area contributed by atoms with Crippen molar-refractivity contribution < 1.29 is 4.74 Å². The van der Waals surface area contributed by atoms with E-state index in [0.29, 0.717) is 28.3 Å². The Hall–Kier alpha value is -1.85. The molecule has 0 radical (unpaired) electrons. The number of aryl methyl sites for hydroxylation is 2. The second-order valence-electron chi connectivity index (χ2n) is 4.23. The van der Waals surface area contributed by atoms with Crippen LogP contribution in [0.5, 0.6) is 11.6 Å². The third-order valence-corrected chi connectivity index (χ3v) is 2.94. The normalized spacial score (nSPS) is 10.4. The van der Waals surface area contributed by atoms with Crippen LogP contribution in [0.25, 0.3) is 0 Å². The molecule has 19 heavy (non-hydrogen) atoms. The van der Waals surface area contributed by atoms with Crippen LogP contribution in [0.1, 0.15) is 17.0 Å². The maximum Gasteiger partial charge on any atom is 0.227 e. The number of aromatic nitrogens is 2. The van der Waals surface area contributed by atoms with Crippen LogP contribution >= 0.6 is 11.6 Å². The van der Waals surface area contributed by atoms with Gasteiger partial charge in [-0.1, -0.05) is 17.7 Å². The fraction of sp³-hybridized carbons (Fsp3) is 0.231. The van der Waals surface area contributed by atoms with Gasteiger partial charge in [0.25, 0.3) is 0 Å². The first kappa shape index (κ1) is 13.6. The Morgan fingerprint density at radius 2 is 1.95 bits per heavy atom. The van der Waals surface area contributed by atoms with Crippen LogP contribution in [0.4, 0.5) is 5.82 Å². The van der Waals surface area contributed by atoms with Crippen molar-refractivity contribution in [2.75, 3.05) is 5.43 Å². The molecule has 2 rings (SSSR count). The van der Waals surface area contributed by atoms with Gasteiger partial charge in [0.2, 0.25) is 5.88 Å². The van der Waals surface area contributed by atoms with Crippen molar-refractivity contribution >= 4 is 17.4 Å². The molecule has 0 atom stereocenters. The predicted molar refractivity (Wildman–Crippen MR) is 75.6 cm³/mol. The standard InChI is InChI=1S/C13H15ClN4O/c1-7-4-5-11(10(14)6-7)19-13-8(2)12(18-15)16-9(3)17-13/h4-6H,15H2,1-3H3,(H,16,17,18). The number of hydrazine groups is 1. The van der Waals surface area contributed by atoms with E-state index in [2.05, 4.69) is 15.4 Å². The highest BCUT2D eigenvalue weighted by Crippen LogP contribution is 2.32. The van der Waals surface area contributed by atoms with Gasteiger partial charge in [-0.2, -0.15) is 4.98 Å². The molecule has 0 saturated heterocycles. The number of anilines is 1. The number of nitrogens with one attached hydrogen (secondary N) is 1. The molecule has 1 aromatic heterocycles. The van der Waals surface area contributed by atoms with Crippen LogP contribution < -0.4 is 16.0 Å². The Balaban J connectivity index is 2.40. The Bertz CT molecular complexity index is 616. The molecule has 100 valence electrons. The van der Waals surface area contributed by atoms with Gasteiger partial charge >= 0.3 is 0 Å². The van der Waals surface area contributed by atoms with E-state index in [-0.39, 0.29) is 0 Å². The van der Waals surface area contributed by atoms with E-state index in [4.69, 9.17) is 22.2 Å². The second-order valence-corrected chi connectivity index (χ2v) is 4.64. The van der Waals surface area contributed by atoms with Crippen LogP contribution in [0.15, 0.2) is 18.2 Å². The quantitative estimate of drug-likeness (QED) is 0.666. The van der Waals surface area contributed by atoms with Crippen molar-refractivity contribution in [3.05, 3.63) is 40.2 Å². The average Bonchev–Trinajstić information content (AvgIpc) is 2.36. The summed E-state index contributed by atoms with van der Waals surface area (Å²) in [6.07, 6.45) is 0. The van der Waals surface area contributed by atoms with Crippen LogP contribution in [-0.2, 0) is 0 Å². The highest BCUT2D eigenvalue weighted by molar-refractivity contribution is 6.32. The molecule has 0 fully saturated rings. The smallest absolute Gasteiger partial charge is 0.227 e. The largest absolute Gasteiger partial charge is 0.437 e. The number of rotatable bonds is 3. The number of hydrogen-bond donors (Lipinski definition) is 2. The van der Waals surface area contributed by atoms with Crippen molar-refractivity contribution in [1.29, 1.82) is 0 Å². The number of benzene rings is 1. The van der Waals surface area contributed by atoms with Gasteiger partial charge in [0, 0.05) is 0 Å². The molecule has 0 aliphatic rings. The fourth-order valence-corrected chi connectivity index (χ4v) is 1.91. The summed E-state index contributed by atoms with van der Waals surface area (Å²) in [6, 6.07) is 5.57. The molecule has 3 N–H and O–H groups in total. The molecule has 0 saturated carbocycles. The van der Waals surface area contributed by atoms with E-state index >= 15 is 0 Å². The lowest BCUT2D eigenvalue weighted by Crippen LogP contribution is -2.12. The van der Waals surface area contributed by atoms with Crippen LogP contribution in [-0.4, -0.2) is 9.97 Å². The Morgan fingerprint density at radius 3 is 2.58 bits per heavy atom. The second kappa shape index (κ2) is 5.42. The Labute approximate surface area is 116 Å². The molecule has 2 aromatic rings. The minimum absolute atomic E-state index is 0.436. The average molecular weight is 279 g/mol. The third-order valence-electron chi connectivity index (χ3n) is 2.64. The fourth-order valence-electron chi connectivity index (χ4n) is 1.64. The maximum absolute atomic E-state index is 6.14. The van der Waals surface area contributed by atoms with Gasteiger partial charge in [-0.05, 0) is 38.5 Å². The molecule has 0 bridgehead atoms. The number of nitrogen functional groups attached to an aromatic ring is 1.